The number of benzene rings is 3. The van der Waals surface area contributed by atoms with Gasteiger partial charge >= 0.3 is 0 Å². The third-order valence-electron chi connectivity index (χ3n) is 8.66. The first kappa shape index (κ1) is 45.4. The molecular formula is C37H53Cl3N6O5. The monoisotopic (exact) mass is 766 g/mol. The second-order valence-corrected chi connectivity index (χ2v) is 12.2. The highest BCUT2D eigenvalue weighted by molar-refractivity contribution is 6.10. The average Bonchev–Trinajstić information content (AvgIpc) is 3.10. The fourth-order valence-electron chi connectivity index (χ4n) is 5.72. The molecular weight excluding hydrogens is 715 g/mol. The molecule has 1 fully saturated rings. The lowest BCUT2D eigenvalue weighted by Crippen LogP contribution is -2.49. The van der Waals surface area contributed by atoms with Gasteiger partial charge in [0.15, 0.2) is 0 Å². The van der Waals surface area contributed by atoms with Crippen LogP contribution in [0.1, 0.15) is 52.0 Å². The van der Waals surface area contributed by atoms with E-state index in [-0.39, 0.29) is 55.1 Å². The molecule has 1 aliphatic heterocycles. The Balaban J connectivity index is 0.00000433. The van der Waals surface area contributed by atoms with E-state index in [2.05, 4.69) is 27.5 Å². The molecule has 11 nitrogen and oxygen atoms in total. The summed E-state index contributed by atoms with van der Waals surface area (Å²) in [6.45, 7) is 7.44. The SMILES string of the molecule is COc1cc(C(=O)N(C)c2ccc(C)cc2OCCCCC(C=O)N2CCN(C)CC2)ccc1NC(=O)c1ccccc1NCCCN.Cl.Cl.Cl. The molecule has 1 heterocycles. The van der Waals surface area contributed by atoms with Gasteiger partial charge < -0.3 is 40.4 Å². The van der Waals surface area contributed by atoms with Gasteiger partial charge in [-0.05, 0) is 94.2 Å². The molecule has 3 aromatic rings. The normalized spacial score (nSPS) is 13.4. The number of likely N-dealkylation sites (N-methyl/N-ethyl adjacent to an activating group) is 1. The van der Waals surface area contributed by atoms with Gasteiger partial charge in [0.2, 0.25) is 0 Å². The number of anilines is 3. The molecule has 1 aliphatic rings. The Morgan fingerprint density at radius 2 is 1.67 bits per heavy atom. The van der Waals surface area contributed by atoms with Crippen LogP contribution < -0.4 is 30.7 Å². The summed E-state index contributed by atoms with van der Waals surface area (Å²) in [5.74, 6) is 0.423. The number of hydrogen-bond acceptors (Lipinski definition) is 9. The molecule has 4 N–H and O–H groups in total. The third-order valence-corrected chi connectivity index (χ3v) is 8.66. The molecule has 1 atom stereocenters. The molecule has 282 valence electrons. The predicted molar refractivity (Wildman–Crippen MR) is 213 cm³/mol. The van der Waals surface area contributed by atoms with Crippen LogP contribution in [0.4, 0.5) is 17.1 Å². The summed E-state index contributed by atoms with van der Waals surface area (Å²) in [6.07, 6.45) is 4.31. The van der Waals surface area contributed by atoms with Crippen molar-refractivity contribution in [3.05, 3.63) is 77.4 Å². The van der Waals surface area contributed by atoms with Gasteiger partial charge in [-0.25, -0.2) is 0 Å². The van der Waals surface area contributed by atoms with E-state index in [1.54, 1.807) is 42.3 Å². The van der Waals surface area contributed by atoms with Gasteiger partial charge in [-0.3, -0.25) is 14.5 Å². The number of hydrogen-bond donors (Lipinski definition) is 3. The first-order chi connectivity index (χ1) is 23.2. The van der Waals surface area contributed by atoms with Gasteiger partial charge in [-0.2, -0.15) is 0 Å². The smallest absolute Gasteiger partial charge is 0.258 e. The number of unbranched alkanes of at least 4 members (excludes halogenated alkanes) is 1. The highest BCUT2D eigenvalue weighted by Gasteiger charge is 2.23. The Bertz CT molecular complexity index is 1540. The molecule has 0 aliphatic carbocycles. The number of ether oxygens (including phenoxy) is 2. The van der Waals surface area contributed by atoms with Crippen LogP contribution >= 0.6 is 37.2 Å². The summed E-state index contributed by atoms with van der Waals surface area (Å²) < 4.78 is 11.8. The number of para-hydroxylation sites is 1. The Hall–Kier alpha value is -3.58. The maximum absolute atomic E-state index is 13.7. The van der Waals surface area contributed by atoms with Crippen molar-refractivity contribution in [2.24, 2.45) is 5.73 Å². The Morgan fingerprint density at radius 1 is 0.941 bits per heavy atom. The van der Waals surface area contributed by atoms with E-state index in [9.17, 15) is 14.4 Å². The Morgan fingerprint density at radius 3 is 2.35 bits per heavy atom. The summed E-state index contributed by atoms with van der Waals surface area (Å²) in [5, 5.41) is 6.18. The number of nitrogens with one attached hydrogen (secondary N) is 2. The molecule has 0 radical (unpaired) electrons. The first-order valence-electron chi connectivity index (χ1n) is 16.7. The number of halogens is 3. The Labute approximate surface area is 320 Å². The molecule has 1 unspecified atom stereocenters. The topological polar surface area (TPSA) is 129 Å². The number of aryl methyl sites for hydroxylation is 1. The summed E-state index contributed by atoms with van der Waals surface area (Å²) in [7, 11) is 5.32. The lowest BCUT2D eigenvalue weighted by molar-refractivity contribution is -0.113. The second kappa shape index (κ2) is 23.1. The molecule has 2 amide bonds. The highest BCUT2D eigenvalue weighted by atomic mass is 35.5. The number of methoxy groups -OCH3 is 1. The molecule has 51 heavy (non-hydrogen) atoms. The second-order valence-electron chi connectivity index (χ2n) is 12.2. The molecule has 0 saturated carbocycles. The Kier molecular flexibility index (Phi) is 20.6. The van der Waals surface area contributed by atoms with E-state index in [0.29, 0.717) is 59.4 Å². The van der Waals surface area contributed by atoms with Crippen molar-refractivity contribution in [3.8, 4) is 11.5 Å². The number of carbonyl (C=O) groups excluding carboxylic acids is 3. The van der Waals surface area contributed by atoms with Crippen molar-refractivity contribution in [1.29, 1.82) is 0 Å². The third kappa shape index (κ3) is 12.9. The summed E-state index contributed by atoms with van der Waals surface area (Å²) in [4.78, 5) is 44.8. The summed E-state index contributed by atoms with van der Waals surface area (Å²) >= 11 is 0. The van der Waals surface area contributed by atoms with E-state index in [0.717, 1.165) is 63.7 Å². The molecule has 0 aromatic heterocycles. The van der Waals surface area contributed by atoms with Crippen molar-refractivity contribution in [1.82, 2.24) is 9.80 Å². The van der Waals surface area contributed by atoms with Crippen LogP contribution in [-0.4, -0.2) is 101 Å². The number of rotatable bonds is 17. The van der Waals surface area contributed by atoms with Gasteiger partial charge in [-0.1, -0.05) is 18.2 Å². The maximum Gasteiger partial charge on any atom is 0.258 e. The fraction of sp³-hybridized carbons (Fsp3) is 0.432. The van der Waals surface area contributed by atoms with Crippen molar-refractivity contribution in [3.63, 3.8) is 0 Å². The molecule has 14 heteroatoms. The van der Waals surface area contributed by atoms with Crippen molar-refractivity contribution in [2.45, 2.75) is 38.6 Å². The summed E-state index contributed by atoms with van der Waals surface area (Å²) in [5.41, 5.74) is 9.31. The standard InChI is InChI=1S/C37H50N6O5.3ClH/c1-27-13-16-33(35(24-27)48-23-8-7-10-29(26-44)43-21-19-41(2)20-22-43)42(3)37(46)28-14-15-32(34(25-28)47-4)40-36(45)30-11-5-6-12-31(30)39-18-9-17-38;;;/h5-6,11-16,24-26,29,39H,7-10,17-23,38H2,1-4H3,(H,40,45);3*1H. The zero-order valence-corrected chi connectivity index (χ0v) is 32.3. The van der Waals surface area contributed by atoms with Crippen LogP contribution in [0.5, 0.6) is 11.5 Å². The van der Waals surface area contributed by atoms with E-state index < -0.39 is 0 Å². The number of aldehydes is 1. The van der Waals surface area contributed by atoms with E-state index in [4.69, 9.17) is 15.2 Å². The van der Waals surface area contributed by atoms with Gasteiger partial charge in [0.05, 0.1) is 36.7 Å². The van der Waals surface area contributed by atoms with Crippen molar-refractivity contribution in [2.75, 3.05) is 82.6 Å². The average molecular weight is 768 g/mol. The lowest BCUT2D eigenvalue weighted by Gasteiger charge is -2.35. The zero-order valence-electron chi connectivity index (χ0n) is 29.9. The molecule has 0 spiro atoms. The number of carbonyl (C=O) groups is 3. The number of piperazine rings is 1. The van der Waals surface area contributed by atoms with E-state index in [1.165, 1.54) is 7.11 Å². The maximum atomic E-state index is 13.7. The molecule has 1 saturated heterocycles. The van der Waals surface area contributed by atoms with Crippen LogP contribution in [0.3, 0.4) is 0 Å². The van der Waals surface area contributed by atoms with Gasteiger partial charge in [0.1, 0.15) is 17.8 Å². The lowest BCUT2D eigenvalue weighted by atomic mass is 10.1. The van der Waals surface area contributed by atoms with E-state index in [1.807, 2.05) is 37.3 Å². The molecule has 0 bridgehead atoms. The van der Waals surface area contributed by atoms with Crippen molar-refractivity contribution < 1.29 is 23.9 Å². The first-order valence-corrected chi connectivity index (χ1v) is 16.7. The highest BCUT2D eigenvalue weighted by Crippen LogP contribution is 2.32. The minimum atomic E-state index is -0.303. The molecule has 4 rings (SSSR count). The van der Waals surface area contributed by atoms with E-state index >= 15 is 0 Å². The van der Waals surface area contributed by atoms with Crippen LogP contribution in [0.25, 0.3) is 0 Å². The van der Waals surface area contributed by atoms with Crippen molar-refractivity contribution >= 4 is 72.4 Å². The van der Waals surface area contributed by atoms with Gasteiger partial charge in [0.25, 0.3) is 11.8 Å². The summed E-state index contributed by atoms with van der Waals surface area (Å²) in [6, 6.07) is 17.9. The zero-order chi connectivity index (χ0) is 34.5. The fourth-order valence-corrected chi connectivity index (χ4v) is 5.72. The largest absolute Gasteiger partial charge is 0.495 e. The number of nitrogens with two attached hydrogens (primary N) is 1. The minimum Gasteiger partial charge on any atom is -0.495 e. The van der Waals surface area contributed by atoms with Crippen LogP contribution in [0, 0.1) is 6.92 Å². The number of amides is 2. The van der Waals surface area contributed by atoms with Crippen LogP contribution in [0.15, 0.2) is 60.7 Å². The minimum absolute atomic E-state index is 0. The quantitative estimate of drug-likeness (QED) is 0.113. The predicted octanol–water partition coefficient (Wildman–Crippen LogP) is 5.92. The van der Waals surface area contributed by atoms with Crippen LogP contribution in [-0.2, 0) is 4.79 Å². The van der Waals surface area contributed by atoms with Crippen LogP contribution in [0.2, 0.25) is 0 Å². The van der Waals surface area contributed by atoms with Gasteiger partial charge in [0, 0.05) is 51.0 Å². The van der Waals surface area contributed by atoms with Gasteiger partial charge in [-0.15, -0.1) is 37.2 Å². The number of nitrogens with zero attached hydrogens (tertiary/aromatic N) is 3. The molecule has 3 aromatic carbocycles.